The standard InChI is InChI=1S/C13H16N2O6/c1-2-20-13(19)11(14)12(18)15-8-5-3-4-6-9(8)21-7-10(16)17/h3-6,11H,2,7,14H2,1H3,(H,15,18)(H,16,17). The summed E-state index contributed by atoms with van der Waals surface area (Å²) in [7, 11) is 0. The number of carbonyl (C=O) groups excluding carboxylic acids is 2. The largest absolute Gasteiger partial charge is 0.480 e. The predicted molar refractivity (Wildman–Crippen MR) is 72.8 cm³/mol. The van der Waals surface area contributed by atoms with Gasteiger partial charge in [0.15, 0.2) is 12.6 Å². The summed E-state index contributed by atoms with van der Waals surface area (Å²) >= 11 is 0. The molecule has 1 aromatic rings. The minimum atomic E-state index is -1.47. The van der Waals surface area contributed by atoms with Gasteiger partial charge in [0.2, 0.25) is 0 Å². The Bertz CT molecular complexity index is 531. The van der Waals surface area contributed by atoms with Gasteiger partial charge < -0.3 is 25.6 Å². The van der Waals surface area contributed by atoms with E-state index in [0.717, 1.165) is 0 Å². The van der Waals surface area contributed by atoms with E-state index in [1.54, 1.807) is 19.1 Å². The first kappa shape index (κ1) is 16.4. The van der Waals surface area contributed by atoms with Gasteiger partial charge in [0, 0.05) is 0 Å². The molecule has 114 valence electrons. The number of aliphatic carboxylic acids is 1. The van der Waals surface area contributed by atoms with Gasteiger partial charge in [-0.05, 0) is 19.1 Å². The van der Waals surface area contributed by atoms with Crippen LogP contribution in [-0.2, 0) is 19.1 Å². The highest BCUT2D eigenvalue weighted by atomic mass is 16.5. The fourth-order valence-electron chi connectivity index (χ4n) is 1.38. The lowest BCUT2D eigenvalue weighted by Gasteiger charge is -2.14. The number of nitrogens with one attached hydrogen (secondary N) is 1. The van der Waals surface area contributed by atoms with E-state index in [1.807, 2.05) is 0 Å². The summed E-state index contributed by atoms with van der Waals surface area (Å²) in [6.07, 6.45) is 0. The molecule has 0 aromatic heterocycles. The summed E-state index contributed by atoms with van der Waals surface area (Å²) in [5, 5.41) is 11.0. The first-order valence-electron chi connectivity index (χ1n) is 6.12. The summed E-state index contributed by atoms with van der Waals surface area (Å²) < 4.78 is 9.65. The summed E-state index contributed by atoms with van der Waals surface area (Å²) in [4.78, 5) is 33.6. The molecule has 0 bridgehead atoms. The summed E-state index contributed by atoms with van der Waals surface area (Å²) in [5.74, 6) is -2.62. The van der Waals surface area contributed by atoms with Crippen LogP contribution < -0.4 is 15.8 Å². The van der Waals surface area contributed by atoms with Gasteiger partial charge in [-0.15, -0.1) is 0 Å². The van der Waals surface area contributed by atoms with Crippen LogP contribution in [0.5, 0.6) is 5.75 Å². The van der Waals surface area contributed by atoms with Crippen molar-refractivity contribution in [3.63, 3.8) is 0 Å². The number of carbonyl (C=O) groups is 3. The van der Waals surface area contributed by atoms with E-state index in [-0.39, 0.29) is 18.0 Å². The maximum atomic E-state index is 11.8. The third kappa shape index (κ3) is 5.11. The number of ether oxygens (including phenoxy) is 2. The maximum Gasteiger partial charge on any atom is 0.341 e. The zero-order valence-electron chi connectivity index (χ0n) is 11.4. The summed E-state index contributed by atoms with van der Waals surface area (Å²) in [5.41, 5.74) is 5.66. The number of carboxylic acid groups (broad SMARTS) is 1. The van der Waals surface area contributed by atoms with Crippen molar-refractivity contribution in [2.45, 2.75) is 13.0 Å². The number of para-hydroxylation sites is 2. The van der Waals surface area contributed by atoms with E-state index in [9.17, 15) is 14.4 Å². The smallest absolute Gasteiger partial charge is 0.341 e. The molecule has 0 radical (unpaired) electrons. The van der Waals surface area contributed by atoms with Crippen molar-refractivity contribution in [3.05, 3.63) is 24.3 Å². The molecule has 0 aliphatic carbocycles. The van der Waals surface area contributed by atoms with Crippen LogP contribution in [0.4, 0.5) is 5.69 Å². The Morgan fingerprint density at radius 1 is 1.33 bits per heavy atom. The Balaban J connectivity index is 2.75. The van der Waals surface area contributed by atoms with Crippen LogP contribution in [0.1, 0.15) is 6.92 Å². The minimum absolute atomic E-state index is 0.109. The van der Waals surface area contributed by atoms with Crippen LogP contribution in [0.2, 0.25) is 0 Å². The molecule has 1 rings (SSSR count). The fraction of sp³-hybridized carbons (Fsp3) is 0.308. The van der Waals surface area contributed by atoms with Crippen molar-refractivity contribution in [2.75, 3.05) is 18.5 Å². The van der Waals surface area contributed by atoms with Crippen LogP contribution in [0.25, 0.3) is 0 Å². The van der Waals surface area contributed by atoms with Crippen LogP contribution >= 0.6 is 0 Å². The van der Waals surface area contributed by atoms with Crippen molar-refractivity contribution in [1.82, 2.24) is 0 Å². The Kier molecular flexibility index (Phi) is 6.15. The second-order valence-electron chi connectivity index (χ2n) is 3.90. The highest BCUT2D eigenvalue weighted by Crippen LogP contribution is 2.23. The van der Waals surface area contributed by atoms with Gasteiger partial charge in [-0.2, -0.15) is 0 Å². The first-order valence-corrected chi connectivity index (χ1v) is 6.12. The molecule has 0 saturated carbocycles. The van der Waals surface area contributed by atoms with E-state index >= 15 is 0 Å². The fourth-order valence-corrected chi connectivity index (χ4v) is 1.38. The number of hydrogen-bond donors (Lipinski definition) is 3. The number of nitrogens with two attached hydrogens (primary N) is 1. The third-order valence-corrected chi connectivity index (χ3v) is 2.32. The summed E-state index contributed by atoms with van der Waals surface area (Å²) in [6.45, 7) is 1.15. The Morgan fingerprint density at radius 3 is 2.62 bits per heavy atom. The molecule has 0 fully saturated rings. The molecule has 8 heteroatoms. The molecule has 1 unspecified atom stereocenters. The number of hydrogen-bond acceptors (Lipinski definition) is 6. The van der Waals surface area contributed by atoms with Crippen molar-refractivity contribution in [3.8, 4) is 5.75 Å². The Morgan fingerprint density at radius 2 is 2.00 bits per heavy atom. The van der Waals surface area contributed by atoms with Gasteiger partial charge >= 0.3 is 11.9 Å². The minimum Gasteiger partial charge on any atom is -0.480 e. The highest BCUT2D eigenvalue weighted by molar-refractivity contribution is 6.08. The van der Waals surface area contributed by atoms with E-state index in [2.05, 4.69) is 10.1 Å². The summed E-state index contributed by atoms with van der Waals surface area (Å²) in [6, 6.07) is 4.72. The number of carboxylic acids is 1. The van der Waals surface area contributed by atoms with Gasteiger partial charge in [-0.25, -0.2) is 9.59 Å². The number of amides is 1. The zero-order chi connectivity index (χ0) is 15.8. The van der Waals surface area contributed by atoms with Gasteiger partial charge in [-0.3, -0.25) is 4.79 Å². The average molecular weight is 296 g/mol. The van der Waals surface area contributed by atoms with Crippen LogP contribution in [0, 0.1) is 0 Å². The molecule has 21 heavy (non-hydrogen) atoms. The number of benzene rings is 1. The van der Waals surface area contributed by atoms with Crippen molar-refractivity contribution in [1.29, 1.82) is 0 Å². The molecular weight excluding hydrogens is 280 g/mol. The molecule has 4 N–H and O–H groups in total. The predicted octanol–water partition coefficient (Wildman–Crippen LogP) is -0.0211. The van der Waals surface area contributed by atoms with Gasteiger partial charge in [-0.1, -0.05) is 12.1 Å². The SMILES string of the molecule is CCOC(=O)C(N)C(=O)Nc1ccccc1OCC(=O)O. The van der Waals surface area contributed by atoms with E-state index in [0.29, 0.717) is 0 Å². The van der Waals surface area contributed by atoms with Crippen LogP contribution in [0.15, 0.2) is 24.3 Å². The van der Waals surface area contributed by atoms with Crippen LogP contribution in [0.3, 0.4) is 0 Å². The molecule has 0 aliphatic heterocycles. The molecule has 1 atom stereocenters. The number of rotatable bonds is 7. The monoisotopic (exact) mass is 296 g/mol. The molecule has 0 saturated heterocycles. The first-order chi connectivity index (χ1) is 9.95. The van der Waals surface area contributed by atoms with Gasteiger partial charge in [0.25, 0.3) is 5.91 Å². The second kappa shape index (κ2) is 7.85. The normalized spacial score (nSPS) is 11.3. The Hall–Kier alpha value is -2.61. The van der Waals surface area contributed by atoms with E-state index < -0.39 is 30.5 Å². The molecule has 8 nitrogen and oxygen atoms in total. The lowest BCUT2D eigenvalue weighted by molar-refractivity contribution is -0.147. The lowest BCUT2D eigenvalue weighted by atomic mass is 10.2. The molecule has 0 heterocycles. The van der Waals surface area contributed by atoms with Crippen molar-refractivity contribution in [2.24, 2.45) is 5.73 Å². The molecule has 1 aromatic carbocycles. The lowest BCUT2D eigenvalue weighted by Crippen LogP contribution is -2.43. The second-order valence-corrected chi connectivity index (χ2v) is 3.90. The van der Waals surface area contributed by atoms with Crippen LogP contribution in [-0.4, -0.2) is 42.2 Å². The van der Waals surface area contributed by atoms with Gasteiger partial charge in [0.1, 0.15) is 5.75 Å². The number of esters is 1. The van der Waals surface area contributed by atoms with Crippen molar-refractivity contribution < 1.29 is 29.0 Å². The van der Waals surface area contributed by atoms with Gasteiger partial charge in [0.05, 0.1) is 12.3 Å². The maximum absolute atomic E-state index is 11.8. The topological polar surface area (TPSA) is 128 Å². The average Bonchev–Trinajstić information content (AvgIpc) is 2.45. The molecule has 0 spiro atoms. The molecular formula is C13H16N2O6. The molecule has 0 aliphatic rings. The quantitative estimate of drug-likeness (QED) is 0.476. The highest BCUT2D eigenvalue weighted by Gasteiger charge is 2.24. The third-order valence-electron chi connectivity index (χ3n) is 2.32. The molecule has 1 amide bonds. The zero-order valence-corrected chi connectivity index (χ0v) is 11.4. The Labute approximate surface area is 120 Å². The van der Waals surface area contributed by atoms with E-state index in [1.165, 1.54) is 12.1 Å². The number of anilines is 1. The van der Waals surface area contributed by atoms with E-state index in [4.69, 9.17) is 15.6 Å². The van der Waals surface area contributed by atoms with Crippen molar-refractivity contribution >= 4 is 23.5 Å².